The normalized spacial score (nSPS) is 14.7. The van der Waals surface area contributed by atoms with E-state index in [2.05, 4.69) is 41.3 Å². The van der Waals surface area contributed by atoms with Gasteiger partial charge in [0.25, 0.3) is 0 Å². The predicted octanol–water partition coefficient (Wildman–Crippen LogP) is 5.12. The standard InChI is InChI=1S/C31H40N4O6/c1-31(2,3)10-12-33-30(37)34-23-5-7-24(8-6-23)41-27-9-11-32-26-18-28(38-4)29(17-25(26)27)40-21-22(20-36)19-35-13-15-39-16-14-35/h5-9,11,17-18,20,22H,10,12-16,19,21H2,1-4H3,(H2,33,34,37). The number of ether oxygens (including phenoxy) is 4. The number of aldehydes is 1. The highest BCUT2D eigenvalue weighted by Crippen LogP contribution is 2.37. The highest BCUT2D eigenvalue weighted by molar-refractivity contribution is 5.89. The zero-order valence-electron chi connectivity index (χ0n) is 24.3. The zero-order valence-corrected chi connectivity index (χ0v) is 24.3. The first kappa shape index (κ1) is 30.1. The maximum absolute atomic E-state index is 12.2. The molecule has 4 rings (SSSR count). The van der Waals surface area contributed by atoms with Crippen molar-refractivity contribution in [2.75, 3.05) is 58.4 Å². The molecule has 1 saturated heterocycles. The van der Waals surface area contributed by atoms with Crippen LogP contribution in [0.2, 0.25) is 0 Å². The van der Waals surface area contributed by atoms with E-state index in [0.717, 1.165) is 31.2 Å². The fourth-order valence-electron chi connectivity index (χ4n) is 4.40. The molecule has 1 unspecified atom stereocenters. The van der Waals surface area contributed by atoms with Gasteiger partial charge in [0.2, 0.25) is 0 Å². The number of hydrogen-bond acceptors (Lipinski definition) is 8. The van der Waals surface area contributed by atoms with Gasteiger partial charge in [-0.1, -0.05) is 20.8 Å². The van der Waals surface area contributed by atoms with Gasteiger partial charge in [0.1, 0.15) is 17.8 Å². The first-order valence-corrected chi connectivity index (χ1v) is 13.9. The lowest BCUT2D eigenvalue weighted by Gasteiger charge is -2.28. The van der Waals surface area contributed by atoms with Gasteiger partial charge in [-0.2, -0.15) is 0 Å². The summed E-state index contributed by atoms with van der Waals surface area (Å²) in [5.41, 5.74) is 1.49. The van der Waals surface area contributed by atoms with Gasteiger partial charge in [0, 0.05) is 49.5 Å². The van der Waals surface area contributed by atoms with Crippen LogP contribution in [0, 0.1) is 11.3 Å². The molecule has 1 aliphatic rings. The lowest BCUT2D eigenvalue weighted by atomic mass is 9.92. The quantitative estimate of drug-likeness (QED) is 0.292. The second kappa shape index (κ2) is 14.1. The van der Waals surface area contributed by atoms with Gasteiger partial charge in [0.15, 0.2) is 11.5 Å². The third-order valence-corrected chi connectivity index (χ3v) is 6.73. The van der Waals surface area contributed by atoms with E-state index >= 15 is 0 Å². The Kier molecular flexibility index (Phi) is 10.4. The summed E-state index contributed by atoms with van der Waals surface area (Å²) in [5, 5.41) is 6.46. The number of carbonyl (C=O) groups is 2. The van der Waals surface area contributed by atoms with Crippen molar-refractivity contribution in [1.29, 1.82) is 0 Å². The largest absolute Gasteiger partial charge is 0.493 e. The fraction of sp³-hybridized carbons (Fsp3) is 0.452. The minimum atomic E-state index is -0.286. The number of methoxy groups -OCH3 is 1. The number of pyridine rings is 1. The first-order valence-electron chi connectivity index (χ1n) is 13.9. The Balaban J connectivity index is 1.42. The summed E-state index contributed by atoms with van der Waals surface area (Å²) < 4.78 is 23.2. The Labute approximate surface area is 241 Å². The van der Waals surface area contributed by atoms with Gasteiger partial charge in [0.05, 0.1) is 38.4 Å². The minimum Gasteiger partial charge on any atom is -0.493 e. The Morgan fingerprint density at radius 1 is 1.10 bits per heavy atom. The van der Waals surface area contributed by atoms with Crippen LogP contribution < -0.4 is 24.8 Å². The molecule has 1 aliphatic heterocycles. The first-order chi connectivity index (χ1) is 19.7. The summed E-state index contributed by atoms with van der Waals surface area (Å²) in [6.45, 7) is 10.8. The SMILES string of the molecule is COc1cc2nccc(Oc3ccc(NC(=O)NCCC(C)(C)C)cc3)c2cc1OCC(C=O)CN1CCOCC1. The van der Waals surface area contributed by atoms with Crippen LogP contribution in [0.4, 0.5) is 10.5 Å². The number of fused-ring (bicyclic) bond motifs is 1. The number of rotatable bonds is 12. The van der Waals surface area contributed by atoms with Crippen LogP contribution in [0.3, 0.4) is 0 Å². The third-order valence-electron chi connectivity index (χ3n) is 6.73. The number of hydrogen-bond donors (Lipinski definition) is 2. The molecular weight excluding hydrogens is 524 g/mol. The summed E-state index contributed by atoms with van der Waals surface area (Å²) in [5.74, 6) is 1.92. The van der Waals surface area contributed by atoms with Crippen LogP contribution in [0.1, 0.15) is 27.2 Å². The van der Waals surface area contributed by atoms with E-state index in [1.807, 2.05) is 6.07 Å². The summed E-state index contributed by atoms with van der Waals surface area (Å²) in [6.07, 6.45) is 3.49. The third kappa shape index (κ3) is 9.06. The van der Waals surface area contributed by atoms with Crippen LogP contribution >= 0.6 is 0 Å². The molecule has 41 heavy (non-hydrogen) atoms. The molecule has 10 nitrogen and oxygen atoms in total. The molecular formula is C31H40N4O6. The number of anilines is 1. The highest BCUT2D eigenvalue weighted by Gasteiger charge is 2.19. The molecule has 0 radical (unpaired) electrons. The van der Waals surface area contributed by atoms with Crippen LogP contribution in [0.5, 0.6) is 23.0 Å². The van der Waals surface area contributed by atoms with E-state index in [-0.39, 0.29) is 24.0 Å². The van der Waals surface area contributed by atoms with Gasteiger partial charge >= 0.3 is 6.03 Å². The maximum Gasteiger partial charge on any atom is 0.319 e. The predicted molar refractivity (Wildman–Crippen MR) is 158 cm³/mol. The van der Waals surface area contributed by atoms with Crippen molar-refractivity contribution in [3.8, 4) is 23.0 Å². The molecule has 2 aromatic carbocycles. The van der Waals surface area contributed by atoms with Crippen LogP contribution in [-0.4, -0.2) is 75.3 Å². The molecule has 1 atom stereocenters. The number of morpholine rings is 1. The molecule has 2 N–H and O–H groups in total. The second-order valence-corrected chi connectivity index (χ2v) is 11.3. The summed E-state index contributed by atoms with van der Waals surface area (Å²) in [7, 11) is 1.57. The van der Waals surface area contributed by atoms with E-state index in [0.29, 0.717) is 60.5 Å². The number of nitrogens with one attached hydrogen (secondary N) is 2. The molecule has 220 valence electrons. The Morgan fingerprint density at radius 3 is 2.54 bits per heavy atom. The number of urea groups is 1. The smallest absolute Gasteiger partial charge is 0.319 e. The van der Waals surface area contributed by atoms with E-state index in [1.54, 1.807) is 49.7 Å². The zero-order chi connectivity index (χ0) is 29.2. The van der Waals surface area contributed by atoms with Crippen molar-refractivity contribution in [2.24, 2.45) is 11.3 Å². The average molecular weight is 565 g/mol. The molecule has 1 fully saturated rings. The molecule has 0 spiro atoms. The average Bonchev–Trinajstić information content (AvgIpc) is 2.96. The molecule has 0 bridgehead atoms. The monoisotopic (exact) mass is 564 g/mol. The van der Waals surface area contributed by atoms with Gasteiger partial charge < -0.3 is 34.4 Å². The number of aromatic nitrogens is 1. The number of nitrogens with zero attached hydrogens (tertiary/aromatic N) is 2. The van der Waals surface area contributed by atoms with Crippen LogP contribution in [0.25, 0.3) is 10.9 Å². The van der Waals surface area contributed by atoms with E-state index in [9.17, 15) is 9.59 Å². The fourth-order valence-corrected chi connectivity index (χ4v) is 4.40. The number of benzene rings is 2. The van der Waals surface area contributed by atoms with Crippen molar-refractivity contribution < 1.29 is 28.5 Å². The molecule has 3 aromatic rings. The van der Waals surface area contributed by atoms with Crippen molar-refractivity contribution in [2.45, 2.75) is 27.2 Å². The van der Waals surface area contributed by atoms with Gasteiger partial charge in [-0.15, -0.1) is 0 Å². The van der Waals surface area contributed by atoms with Crippen molar-refractivity contribution >= 4 is 28.9 Å². The summed E-state index contributed by atoms with van der Waals surface area (Å²) in [6, 6.07) is 12.3. The molecule has 2 heterocycles. The lowest BCUT2D eigenvalue weighted by Crippen LogP contribution is -2.40. The Morgan fingerprint density at radius 2 is 1.85 bits per heavy atom. The minimum absolute atomic E-state index is 0.155. The second-order valence-electron chi connectivity index (χ2n) is 11.3. The summed E-state index contributed by atoms with van der Waals surface area (Å²) >= 11 is 0. The number of carbonyl (C=O) groups excluding carboxylic acids is 2. The highest BCUT2D eigenvalue weighted by atomic mass is 16.5. The summed E-state index contributed by atoms with van der Waals surface area (Å²) in [4.78, 5) is 30.6. The van der Waals surface area contributed by atoms with E-state index in [4.69, 9.17) is 18.9 Å². The molecule has 0 saturated carbocycles. The van der Waals surface area contributed by atoms with Gasteiger partial charge in [-0.3, -0.25) is 9.88 Å². The lowest BCUT2D eigenvalue weighted by molar-refractivity contribution is -0.113. The number of amides is 2. The van der Waals surface area contributed by atoms with Crippen LogP contribution in [-0.2, 0) is 9.53 Å². The Bertz CT molecular complexity index is 1300. The van der Waals surface area contributed by atoms with Crippen LogP contribution in [0.15, 0.2) is 48.7 Å². The van der Waals surface area contributed by atoms with Gasteiger partial charge in [-0.05, 0) is 48.2 Å². The Hall–Kier alpha value is -3.89. The maximum atomic E-state index is 12.2. The van der Waals surface area contributed by atoms with Gasteiger partial charge in [-0.25, -0.2) is 4.79 Å². The van der Waals surface area contributed by atoms with Crippen molar-refractivity contribution in [3.63, 3.8) is 0 Å². The molecule has 10 heteroatoms. The molecule has 0 aliphatic carbocycles. The van der Waals surface area contributed by atoms with E-state index < -0.39 is 0 Å². The van der Waals surface area contributed by atoms with E-state index in [1.165, 1.54) is 0 Å². The topological polar surface area (TPSA) is 111 Å². The molecule has 2 amide bonds. The molecule has 1 aromatic heterocycles. The van der Waals surface area contributed by atoms with Crippen molar-refractivity contribution in [1.82, 2.24) is 15.2 Å². The van der Waals surface area contributed by atoms with Crippen molar-refractivity contribution in [3.05, 3.63) is 48.7 Å².